The highest BCUT2D eigenvalue weighted by Gasteiger charge is 2.25. The molecule has 14 heteroatoms. The molecule has 664 valence electrons. The number of carbonyl (C=O) groups excluding carboxylic acids is 2. The molecule has 5 aromatic rings. The molecule has 0 radical (unpaired) electrons. The zero-order valence-electron chi connectivity index (χ0n) is 76.3. The molecule has 0 N–H and O–H groups in total. The molecule has 0 aromatic heterocycles. The summed E-state index contributed by atoms with van der Waals surface area (Å²) in [4.78, 5) is 30.0. The van der Waals surface area contributed by atoms with Crippen LogP contribution < -0.4 is 48.3 Å². The summed E-state index contributed by atoms with van der Waals surface area (Å²) in [5.41, 5.74) is -0.189. The van der Waals surface area contributed by atoms with Crippen LogP contribution in [0.4, 0.5) is 0 Å². The first-order chi connectivity index (χ1) is 59.1. The van der Waals surface area contributed by atoms with Crippen LogP contribution in [0.3, 0.4) is 0 Å². The monoisotopic (exact) mass is 1650 g/mol. The standard InChI is InChI=1S/C106H160N4O10/c1-7-13-19-25-31-37-43-49-55-61-71-113-97-77-87(78-98(114-72-62-56-50-44-38-32-26-20-14-8-2)103(97)117-75-65-59-53-47-41-35-29-23-17-11-5)105(111)119-91-67-69-93-95(81-91)101(89(83-107)84-108)94-70-68-92(82-96(94)102(93)90(85-109)86-110)120-106(112)88-79-99(115-73-63-57-51-45-39-33-27-21-15-9-3)104(118-76-66-60-54-48-42-36-30-24-18-12-6)100(80-88)116-74-64-58-52-46-40-34-28-22-16-10-4/h67-70,77-82H,7-66,71-76H2,1-6H3. The smallest absolute Gasteiger partial charge is 0.343 e. The fourth-order valence-electron chi connectivity index (χ4n) is 16.2. The molecule has 0 aliphatic rings. The highest BCUT2D eigenvalue weighted by atomic mass is 16.6. The van der Waals surface area contributed by atoms with E-state index in [0.29, 0.717) is 84.9 Å². The largest absolute Gasteiger partial charge is 0.490 e. The van der Waals surface area contributed by atoms with Crippen LogP contribution in [0.1, 0.15) is 448 Å². The lowest BCUT2D eigenvalue weighted by Crippen LogP contribution is -2.19. The van der Waals surface area contributed by atoms with Gasteiger partial charge in [0, 0.05) is 10.4 Å². The number of unbranched alkanes of at least 4 members (excludes halogenated alkanes) is 54. The maximum atomic E-state index is 15.0. The van der Waals surface area contributed by atoms with E-state index in [-0.39, 0.29) is 55.0 Å². The van der Waals surface area contributed by atoms with Crippen LogP contribution >= 0.6 is 0 Å². The molecule has 0 saturated carbocycles. The number of nitriles is 4. The minimum atomic E-state index is -0.713. The molecule has 120 heavy (non-hydrogen) atoms. The van der Waals surface area contributed by atoms with Gasteiger partial charge in [0.1, 0.15) is 46.9 Å². The van der Waals surface area contributed by atoms with Crippen molar-refractivity contribution in [1.82, 2.24) is 0 Å². The van der Waals surface area contributed by atoms with Crippen molar-refractivity contribution in [3.05, 3.63) is 82.2 Å². The molecule has 0 fully saturated rings. The third kappa shape index (κ3) is 42.2. The number of esters is 2. The first-order valence-electron chi connectivity index (χ1n) is 49.1. The Hall–Kier alpha value is -7.94. The molecular weight excluding hydrogens is 1490 g/mol. The Kier molecular flexibility index (Phi) is 58.6. The van der Waals surface area contributed by atoms with Crippen molar-refractivity contribution in [2.24, 2.45) is 0 Å². The van der Waals surface area contributed by atoms with Gasteiger partial charge in [0.25, 0.3) is 0 Å². The van der Waals surface area contributed by atoms with Crippen LogP contribution in [-0.2, 0) is 0 Å². The van der Waals surface area contributed by atoms with Gasteiger partial charge in [0.2, 0.25) is 11.5 Å². The van der Waals surface area contributed by atoms with Crippen molar-refractivity contribution in [3.63, 3.8) is 0 Å². The second-order valence-corrected chi connectivity index (χ2v) is 33.9. The van der Waals surface area contributed by atoms with Gasteiger partial charge in [-0.3, -0.25) is 0 Å². The fraction of sp³-hybridized carbons (Fsp3) is 0.679. The van der Waals surface area contributed by atoms with Crippen molar-refractivity contribution in [3.8, 4) is 70.3 Å². The van der Waals surface area contributed by atoms with Crippen LogP contribution in [0.15, 0.2) is 60.7 Å². The fourth-order valence-corrected chi connectivity index (χ4v) is 16.2. The molecule has 14 nitrogen and oxygen atoms in total. The number of ether oxygens (including phenoxy) is 8. The lowest BCUT2D eigenvalue weighted by Gasteiger charge is -2.19. The number of rotatable bonds is 76. The number of nitrogens with zero attached hydrogens (tertiary/aromatic N) is 4. The Labute approximate surface area is 728 Å². The van der Waals surface area contributed by atoms with Crippen molar-refractivity contribution in [2.45, 2.75) is 427 Å². The van der Waals surface area contributed by atoms with E-state index in [1.54, 1.807) is 60.7 Å². The number of hydrogen-bond donors (Lipinski definition) is 0. The van der Waals surface area contributed by atoms with Crippen LogP contribution in [-0.4, -0.2) is 51.6 Å². The normalized spacial score (nSPS) is 11.2. The van der Waals surface area contributed by atoms with E-state index in [1.807, 2.05) is 0 Å². The molecular formula is C106H160N4O10. The van der Waals surface area contributed by atoms with E-state index in [0.717, 1.165) is 116 Å². The molecule has 5 rings (SSSR count). The molecule has 0 bridgehead atoms. The molecule has 0 atom stereocenters. The van der Waals surface area contributed by atoms with Gasteiger partial charge >= 0.3 is 11.9 Å². The maximum Gasteiger partial charge on any atom is 0.343 e. The summed E-state index contributed by atoms with van der Waals surface area (Å²) in [6.07, 6.45) is 71.0. The first-order valence-corrected chi connectivity index (χ1v) is 49.1. The summed E-state index contributed by atoms with van der Waals surface area (Å²) in [6.45, 7) is 16.1. The van der Waals surface area contributed by atoms with Crippen molar-refractivity contribution < 1.29 is 47.5 Å². The molecule has 0 spiro atoms. The van der Waals surface area contributed by atoms with Gasteiger partial charge in [-0.05, 0) is 121 Å². The SMILES string of the molecule is CCCCCCCCCCCCOc1cc(C(=O)Oc2ccc3c(=C(C#N)C#N)c4cc(OC(=O)c5cc(OCCCCCCCCCCCC)c(OCCCCCCCCCCCC)c(OCCCCCCCCCCCC)c5)ccc4c(=C(C#N)C#N)c3c2)cc(OCCCCCCCCCCCC)c1OCCCCCCCCCCCC. The molecule has 0 aliphatic carbocycles. The highest BCUT2D eigenvalue weighted by molar-refractivity contribution is 6.07. The quantitative estimate of drug-likeness (QED) is 0.0154. The number of hydrogen-bond acceptors (Lipinski definition) is 14. The van der Waals surface area contributed by atoms with Gasteiger partial charge in [0.15, 0.2) is 23.0 Å². The highest BCUT2D eigenvalue weighted by Crippen LogP contribution is 2.42. The maximum absolute atomic E-state index is 15.0. The summed E-state index contributed by atoms with van der Waals surface area (Å²) < 4.78 is 52.7. The van der Waals surface area contributed by atoms with E-state index in [9.17, 15) is 30.6 Å². The predicted octanol–water partition coefficient (Wildman–Crippen LogP) is 30.6. The van der Waals surface area contributed by atoms with E-state index < -0.39 is 11.9 Å². The Balaban J connectivity index is 1.53. The zero-order valence-corrected chi connectivity index (χ0v) is 76.3. The summed E-state index contributed by atoms with van der Waals surface area (Å²) in [5, 5.41) is 44.8. The molecule has 0 amide bonds. The van der Waals surface area contributed by atoms with Crippen LogP contribution in [0.5, 0.6) is 46.0 Å². The Bertz CT molecular complexity index is 3530. The Morgan fingerprint density at radius 2 is 0.417 bits per heavy atom. The minimum absolute atomic E-state index is 0.0751. The van der Waals surface area contributed by atoms with Gasteiger partial charge in [-0.1, -0.05) is 388 Å². The first kappa shape index (κ1) is 103. The third-order valence-corrected chi connectivity index (χ3v) is 23.5. The van der Waals surface area contributed by atoms with E-state index >= 15 is 0 Å². The summed E-state index contributed by atoms with van der Waals surface area (Å²) >= 11 is 0. The molecule has 5 aromatic carbocycles. The van der Waals surface area contributed by atoms with E-state index in [1.165, 1.54) is 270 Å². The average Bonchev–Trinajstić information content (AvgIpc) is 0.733. The van der Waals surface area contributed by atoms with Gasteiger partial charge in [0.05, 0.1) is 50.8 Å². The number of benzene rings is 5. The number of carbonyl (C=O) groups is 2. The van der Waals surface area contributed by atoms with Gasteiger partial charge in [-0.2, -0.15) is 21.0 Å². The van der Waals surface area contributed by atoms with E-state index in [2.05, 4.69) is 65.8 Å². The Morgan fingerprint density at radius 3 is 0.608 bits per heavy atom. The molecule has 0 heterocycles. The molecule has 0 unspecified atom stereocenters. The lowest BCUT2D eigenvalue weighted by molar-refractivity contribution is 0.0724. The second-order valence-electron chi connectivity index (χ2n) is 33.9. The predicted molar refractivity (Wildman–Crippen MR) is 497 cm³/mol. The van der Waals surface area contributed by atoms with Gasteiger partial charge in [-0.25, -0.2) is 9.59 Å². The van der Waals surface area contributed by atoms with Crippen molar-refractivity contribution in [2.75, 3.05) is 39.6 Å². The second kappa shape index (κ2) is 68.6. The lowest BCUT2D eigenvalue weighted by atomic mass is 9.93. The third-order valence-electron chi connectivity index (χ3n) is 23.5. The van der Waals surface area contributed by atoms with Gasteiger partial charge in [-0.15, -0.1) is 0 Å². The van der Waals surface area contributed by atoms with Crippen molar-refractivity contribution >= 4 is 44.6 Å². The zero-order chi connectivity index (χ0) is 85.8. The van der Waals surface area contributed by atoms with E-state index in [4.69, 9.17) is 37.9 Å². The van der Waals surface area contributed by atoms with Crippen molar-refractivity contribution in [1.29, 1.82) is 21.0 Å². The topological polar surface area (TPSA) is 203 Å². The average molecular weight is 1650 g/mol. The number of fused-ring (bicyclic) bond motifs is 2. The summed E-state index contributed by atoms with van der Waals surface area (Å²) in [5.74, 6) is 1.31. The van der Waals surface area contributed by atoms with Crippen LogP contribution in [0.25, 0.3) is 32.7 Å². The van der Waals surface area contributed by atoms with Crippen LogP contribution in [0.2, 0.25) is 0 Å². The minimum Gasteiger partial charge on any atom is -0.490 e. The molecule has 0 aliphatic heterocycles. The Morgan fingerprint density at radius 1 is 0.233 bits per heavy atom. The molecule has 0 saturated heterocycles. The van der Waals surface area contributed by atoms with Crippen LogP contribution in [0, 0.1) is 45.3 Å². The summed E-state index contributed by atoms with van der Waals surface area (Å²) in [7, 11) is 0. The summed E-state index contributed by atoms with van der Waals surface area (Å²) in [6, 6.07) is 24.6. The van der Waals surface area contributed by atoms with Gasteiger partial charge < -0.3 is 37.9 Å².